The number of hydroxylamine groups is 2. The van der Waals surface area contributed by atoms with E-state index in [0.29, 0.717) is 11.1 Å². The third kappa shape index (κ3) is 2.37. The lowest BCUT2D eigenvalue weighted by atomic mass is 10.1. The summed E-state index contributed by atoms with van der Waals surface area (Å²) in [6, 6.07) is 14.2. The first kappa shape index (κ1) is 13.3. The van der Waals surface area contributed by atoms with Crippen molar-refractivity contribution in [3.63, 3.8) is 0 Å². The Kier molecular flexibility index (Phi) is 3.38. The maximum Gasteiger partial charge on any atom is 0.285 e. The van der Waals surface area contributed by atoms with Crippen molar-refractivity contribution in [3.8, 4) is 0 Å². The van der Waals surface area contributed by atoms with E-state index in [-0.39, 0.29) is 6.61 Å². The molecule has 1 aliphatic rings. The first-order chi connectivity index (χ1) is 10.2. The van der Waals surface area contributed by atoms with E-state index < -0.39 is 11.8 Å². The van der Waals surface area contributed by atoms with Crippen LogP contribution < -0.4 is 0 Å². The molecule has 0 bridgehead atoms. The summed E-state index contributed by atoms with van der Waals surface area (Å²) < 4.78 is 0. The molecule has 0 unspecified atom stereocenters. The van der Waals surface area contributed by atoms with Gasteiger partial charge in [0.1, 0.15) is 6.61 Å². The SMILES string of the molecule is C=Cc1ccc(CON2C(=O)c3ccccc3C2=O)cc1. The fraction of sp³-hybridized carbons (Fsp3) is 0.0588. The van der Waals surface area contributed by atoms with Crippen LogP contribution in [0.3, 0.4) is 0 Å². The molecule has 21 heavy (non-hydrogen) atoms. The summed E-state index contributed by atoms with van der Waals surface area (Å²) in [5.41, 5.74) is 2.63. The predicted octanol–water partition coefficient (Wildman–Crippen LogP) is 3.06. The number of benzene rings is 2. The van der Waals surface area contributed by atoms with Crippen LogP contribution in [0.15, 0.2) is 55.1 Å². The summed E-state index contributed by atoms with van der Waals surface area (Å²) in [6.45, 7) is 3.84. The minimum atomic E-state index is -0.418. The van der Waals surface area contributed by atoms with Crippen LogP contribution in [0.4, 0.5) is 0 Å². The number of hydrogen-bond donors (Lipinski definition) is 0. The lowest BCUT2D eigenvalue weighted by Gasteiger charge is -2.13. The average molecular weight is 279 g/mol. The highest BCUT2D eigenvalue weighted by Crippen LogP contribution is 2.23. The monoisotopic (exact) mass is 279 g/mol. The molecule has 104 valence electrons. The van der Waals surface area contributed by atoms with Gasteiger partial charge in [-0.15, -0.1) is 5.06 Å². The molecule has 0 saturated heterocycles. The quantitative estimate of drug-likeness (QED) is 0.808. The largest absolute Gasteiger partial charge is 0.285 e. The zero-order valence-electron chi connectivity index (χ0n) is 11.3. The molecule has 4 nitrogen and oxygen atoms in total. The molecule has 1 heterocycles. The Hall–Kier alpha value is -2.72. The summed E-state index contributed by atoms with van der Waals surface area (Å²) >= 11 is 0. The van der Waals surface area contributed by atoms with Gasteiger partial charge in [-0.05, 0) is 23.3 Å². The molecule has 0 aliphatic carbocycles. The van der Waals surface area contributed by atoms with Gasteiger partial charge in [-0.1, -0.05) is 49.1 Å². The Morgan fingerprint density at radius 2 is 1.52 bits per heavy atom. The third-order valence-electron chi connectivity index (χ3n) is 3.33. The lowest BCUT2D eigenvalue weighted by Crippen LogP contribution is -2.29. The molecule has 0 saturated carbocycles. The lowest BCUT2D eigenvalue weighted by molar-refractivity contribution is -0.101. The molecule has 2 aromatic rings. The number of nitrogens with zero attached hydrogens (tertiary/aromatic N) is 1. The van der Waals surface area contributed by atoms with Crippen LogP contribution in [-0.4, -0.2) is 16.9 Å². The standard InChI is InChI=1S/C17H13NO3/c1-2-12-7-9-13(10-8-12)11-21-18-16(19)14-5-3-4-6-15(14)17(18)20/h2-10H,1,11H2. The van der Waals surface area contributed by atoms with Gasteiger partial charge in [0.25, 0.3) is 11.8 Å². The van der Waals surface area contributed by atoms with Crippen molar-refractivity contribution in [3.05, 3.63) is 77.4 Å². The van der Waals surface area contributed by atoms with Gasteiger partial charge < -0.3 is 0 Å². The third-order valence-corrected chi connectivity index (χ3v) is 3.33. The van der Waals surface area contributed by atoms with E-state index >= 15 is 0 Å². The molecule has 0 fully saturated rings. The molecule has 1 aliphatic heterocycles. The molecule has 3 rings (SSSR count). The van der Waals surface area contributed by atoms with Gasteiger partial charge in [0.2, 0.25) is 0 Å². The van der Waals surface area contributed by atoms with Crippen molar-refractivity contribution >= 4 is 17.9 Å². The number of carbonyl (C=O) groups excluding carboxylic acids is 2. The summed E-state index contributed by atoms with van der Waals surface area (Å²) in [5.74, 6) is -0.836. The second kappa shape index (κ2) is 5.34. The Bertz CT molecular complexity index is 684. The van der Waals surface area contributed by atoms with Gasteiger partial charge in [-0.2, -0.15) is 0 Å². The number of rotatable bonds is 4. The fourth-order valence-electron chi connectivity index (χ4n) is 2.17. The summed E-state index contributed by atoms with van der Waals surface area (Å²) in [7, 11) is 0. The molecular weight excluding hydrogens is 266 g/mol. The van der Waals surface area contributed by atoms with Crippen molar-refractivity contribution in [2.24, 2.45) is 0 Å². The fourth-order valence-corrected chi connectivity index (χ4v) is 2.17. The van der Waals surface area contributed by atoms with Crippen LogP contribution in [-0.2, 0) is 11.4 Å². The van der Waals surface area contributed by atoms with Crippen LogP contribution in [0.5, 0.6) is 0 Å². The highest BCUT2D eigenvalue weighted by molar-refractivity contribution is 6.20. The second-order valence-corrected chi connectivity index (χ2v) is 4.67. The zero-order chi connectivity index (χ0) is 14.8. The van der Waals surface area contributed by atoms with E-state index in [0.717, 1.165) is 16.2 Å². The Labute approximate surface area is 122 Å². The topological polar surface area (TPSA) is 46.6 Å². The summed E-state index contributed by atoms with van der Waals surface area (Å²) in [6.07, 6.45) is 1.74. The number of fused-ring (bicyclic) bond motifs is 1. The molecular formula is C17H13NO3. The van der Waals surface area contributed by atoms with Crippen LogP contribution in [0, 0.1) is 0 Å². The number of carbonyl (C=O) groups is 2. The molecule has 0 N–H and O–H groups in total. The molecule has 0 aromatic heterocycles. The predicted molar refractivity (Wildman–Crippen MR) is 78.3 cm³/mol. The van der Waals surface area contributed by atoms with Crippen molar-refractivity contribution < 1.29 is 14.4 Å². The number of imide groups is 1. The smallest absolute Gasteiger partial charge is 0.266 e. The molecule has 2 aromatic carbocycles. The molecule has 0 spiro atoms. The summed E-state index contributed by atoms with van der Waals surface area (Å²) in [4.78, 5) is 29.6. The first-order valence-electron chi connectivity index (χ1n) is 6.53. The van der Waals surface area contributed by atoms with E-state index in [4.69, 9.17) is 4.84 Å². The maximum atomic E-state index is 12.1. The average Bonchev–Trinajstić information content (AvgIpc) is 2.78. The van der Waals surface area contributed by atoms with Crippen molar-refractivity contribution in [2.75, 3.05) is 0 Å². The van der Waals surface area contributed by atoms with Crippen molar-refractivity contribution in [2.45, 2.75) is 6.61 Å². The van der Waals surface area contributed by atoms with Crippen LogP contribution in [0.1, 0.15) is 31.8 Å². The van der Waals surface area contributed by atoms with Crippen LogP contribution in [0.25, 0.3) is 6.08 Å². The van der Waals surface area contributed by atoms with Crippen LogP contribution in [0.2, 0.25) is 0 Å². The Balaban J connectivity index is 1.73. The van der Waals surface area contributed by atoms with Crippen molar-refractivity contribution in [1.82, 2.24) is 5.06 Å². The molecule has 0 atom stereocenters. The van der Waals surface area contributed by atoms with Gasteiger partial charge in [-0.3, -0.25) is 14.4 Å². The first-order valence-corrected chi connectivity index (χ1v) is 6.53. The normalized spacial score (nSPS) is 13.4. The Morgan fingerprint density at radius 1 is 0.952 bits per heavy atom. The minimum absolute atomic E-state index is 0.156. The van der Waals surface area contributed by atoms with E-state index in [9.17, 15) is 9.59 Å². The van der Waals surface area contributed by atoms with Gasteiger partial charge >= 0.3 is 0 Å². The highest BCUT2D eigenvalue weighted by atomic mass is 16.7. The number of amides is 2. The van der Waals surface area contributed by atoms with E-state index in [1.165, 1.54) is 0 Å². The van der Waals surface area contributed by atoms with E-state index in [1.54, 1.807) is 30.3 Å². The Morgan fingerprint density at radius 3 is 2.05 bits per heavy atom. The van der Waals surface area contributed by atoms with E-state index in [1.807, 2.05) is 24.3 Å². The van der Waals surface area contributed by atoms with Gasteiger partial charge in [0, 0.05) is 0 Å². The minimum Gasteiger partial charge on any atom is -0.266 e. The molecule has 2 amide bonds. The molecule has 0 radical (unpaired) electrons. The maximum absolute atomic E-state index is 12.1. The second-order valence-electron chi connectivity index (χ2n) is 4.67. The van der Waals surface area contributed by atoms with Gasteiger partial charge in [0.15, 0.2) is 0 Å². The zero-order valence-corrected chi connectivity index (χ0v) is 11.3. The van der Waals surface area contributed by atoms with Crippen LogP contribution >= 0.6 is 0 Å². The van der Waals surface area contributed by atoms with Crippen molar-refractivity contribution in [1.29, 1.82) is 0 Å². The number of hydrogen-bond acceptors (Lipinski definition) is 3. The van der Waals surface area contributed by atoms with E-state index in [2.05, 4.69) is 6.58 Å². The van der Waals surface area contributed by atoms with Gasteiger partial charge in [-0.25, -0.2) is 0 Å². The summed E-state index contributed by atoms with van der Waals surface area (Å²) in [5, 5.41) is 0.825. The molecule has 4 heteroatoms. The highest BCUT2D eigenvalue weighted by Gasteiger charge is 2.36. The van der Waals surface area contributed by atoms with Gasteiger partial charge in [0.05, 0.1) is 11.1 Å².